The summed E-state index contributed by atoms with van der Waals surface area (Å²) in [6.07, 6.45) is 9.67. The second kappa shape index (κ2) is 2.03. The van der Waals surface area contributed by atoms with Gasteiger partial charge in [-0.3, -0.25) is 0 Å². The van der Waals surface area contributed by atoms with Crippen LogP contribution in [0.5, 0.6) is 0 Å². The molecule has 1 aromatic heterocycles. The molecule has 0 aliphatic heterocycles. The zero-order valence-electron chi connectivity index (χ0n) is 7.30. The lowest BCUT2D eigenvalue weighted by atomic mass is 9.73. The smallest absolute Gasteiger partial charge is 0.0157 e. The molecular weight excluding hydrogens is 146 g/mol. The molecule has 0 amide bonds. The van der Waals surface area contributed by atoms with Crippen molar-refractivity contribution in [2.75, 3.05) is 0 Å². The second-order valence-electron chi connectivity index (χ2n) is 3.96. The van der Waals surface area contributed by atoms with Crippen LogP contribution in [0.25, 0.3) is 0 Å². The summed E-state index contributed by atoms with van der Waals surface area (Å²) in [6, 6.07) is 0. The highest BCUT2D eigenvalue weighted by Crippen LogP contribution is 2.45. The Balaban J connectivity index is 2.26. The van der Waals surface area contributed by atoms with Crippen molar-refractivity contribution in [3.8, 4) is 0 Å². The average Bonchev–Trinajstić information content (AvgIpc) is 2.53. The minimum atomic E-state index is 0.718. The molecule has 0 saturated heterocycles. The minimum Gasteiger partial charge on any atom is -0.365 e. The lowest BCUT2D eigenvalue weighted by Gasteiger charge is -2.31. The first kappa shape index (κ1) is 6.53. The Morgan fingerprint density at radius 2 is 2.00 bits per heavy atom. The predicted molar refractivity (Wildman–Crippen MR) is 49.4 cm³/mol. The fourth-order valence-corrected chi connectivity index (χ4v) is 2.68. The van der Waals surface area contributed by atoms with Crippen molar-refractivity contribution in [3.05, 3.63) is 35.2 Å². The van der Waals surface area contributed by atoms with E-state index in [0.717, 1.165) is 11.8 Å². The largest absolute Gasteiger partial charge is 0.365 e. The standard InChI is InChI=1S/C11H13N/c1-7-11-9-4-2-8(3-5-9)10(11)6-12-7/h2,4,6,8-9,12H,3,5H2,1H3/t8-,9-/m0/s1. The number of nitrogens with one attached hydrogen (secondary N) is 1. The summed E-state index contributed by atoms with van der Waals surface area (Å²) < 4.78 is 0. The predicted octanol–water partition coefficient (Wildman–Crippen LogP) is 2.85. The zero-order chi connectivity index (χ0) is 8.13. The summed E-state index contributed by atoms with van der Waals surface area (Å²) >= 11 is 0. The Bertz CT molecular complexity index is 346. The van der Waals surface area contributed by atoms with Crippen LogP contribution in [0.3, 0.4) is 0 Å². The van der Waals surface area contributed by atoms with E-state index in [2.05, 4.69) is 30.3 Å². The second-order valence-corrected chi connectivity index (χ2v) is 3.96. The molecule has 3 aliphatic carbocycles. The van der Waals surface area contributed by atoms with E-state index in [1.807, 2.05) is 0 Å². The molecule has 1 nitrogen and oxygen atoms in total. The summed E-state index contributed by atoms with van der Waals surface area (Å²) in [7, 11) is 0. The SMILES string of the molecule is Cc1[nH]cc2c1[C@H]1C=C[C@H]2CC1. The van der Waals surface area contributed by atoms with Gasteiger partial charge in [0.1, 0.15) is 0 Å². The molecule has 0 aromatic carbocycles. The number of aromatic nitrogens is 1. The first-order chi connectivity index (χ1) is 5.86. The van der Waals surface area contributed by atoms with Gasteiger partial charge in [-0.05, 0) is 30.9 Å². The highest BCUT2D eigenvalue weighted by molar-refractivity contribution is 5.46. The van der Waals surface area contributed by atoms with Crippen LogP contribution >= 0.6 is 0 Å². The van der Waals surface area contributed by atoms with Gasteiger partial charge in [0.05, 0.1) is 0 Å². The number of fused-ring (bicyclic) bond motifs is 1. The van der Waals surface area contributed by atoms with E-state index in [0.29, 0.717) is 0 Å². The molecule has 1 aromatic rings. The van der Waals surface area contributed by atoms with Crippen LogP contribution in [0, 0.1) is 6.92 Å². The number of hydrogen-bond donors (Lipinski definition) is 1. The van der Waals surface area contributed by atoms with Gasteiger partial charge in [-0.15, -0.1) is 0 Å². The number of rotatable bonds is 0. The van der Waals surface area contributed by atoms with Crippen molar-refractivity contribution >= 4 is 0 Å². The monoisotopic (exact) mass is 159 g/mol. The Morgan fingerprint density at radius 3 is 2.67 bits per heavy atom. The lowest BCUT2D eigenvalue weighted by Crippen LogP contribution is -2.15. The number of hydrogen-bond acceptors (Lipinski definition) is 0. The summed E-state index contributed by atoms with van der Waals surface area (Å²) in [5, 5.41) is 0. The first-order valence-corrected chi connectivity index (χ1v) is 4.72. The van der Waals surface area contributed by atoms with Crippen molar-refractivity contribution in [1.29, 1.82) is 0 Å². The van der Waals surface area contributed by atoms with Gasteiger partial charge in [0.15, 0.2) is 0 Å². The Hall–Kier alpha value is -0.980. The van der Waals surface area contributed by atoms with Gasteiger partial charge in [-0.2, -0.15) is 0 Å². The molecule has 0 saturated carbocycles. The fraction of sp³-hybridized carbons (Fsp3) is 0.455. The number of aromatic amines is 1. The fourth-order valence-electron chi connectivity index (χ4n) is 2.68. The van der Waals surface area contributed by atoms with E-state index in [-0.39, 0.29) is 0 Å². The molecule has 1 heteroatoms. The maximum atomic E-state index is 3.34. The zero-order valence-corrected chi connectivity index (χ0v) is 7.30. The van der Waals surface area contributed by atoms with Crippen LogP contribution in [0.4, 0.5) is 0 Å². The quantitative estimate of drug-likeness (QED) is 0.560. The number of allylic oxidation sites excluding steroid dienone is 2. The summed E-state index contributed by atoms with van der Waals surface area (Å²) in [6.45, 7) is 2.19. The van der Waals surface area contributed by atoms with Gasteiger partial charge >= 0.3 is 0 Å². The Labute approximate surface area is 72.5 Å². The molecule has 0 spiro atoms. The van der Waals surface area contributed by atoms with Gasteiger partial charge in [0, 0.05) is 23.7 Å². The van der Waals surface area contributed by atoms with E-state index in [1.165, 1.54) is 18.5 Å². The summed E-state index contributed by atoms with van der Waals surface area (Å²) in [4.78, 5) is 3.34. The molecule has 1 N–H and O–H groups in total. The van der Waals surface area contributed by atoms with Crippen molar-refractivity contribution in [2.24, 2.45) is 0 Å². The molecule has 4 rings (SSSR count). The number of H-pyrrole nitrogens is 1. The van der Waals surface area contributed by atoms with Crippen molar-refractivity contribution < 1.29 is 0 Å². The van der Waals surface area contributed by atoms with Crippen LogP contribution in [0.2, 0.25) is 0 Å². The van der Waals surface area contributed by atoms with E-state index in [4.69, 9.17) is 0 Å². The van der Waals surface area contributed by atoms with Crippen LogP contribution < -0.4 is 0 Å². The molecule has 0 unspecified atom stereocenters. The third-order valence-corrected chi connectivity index (χ3v) is 3.29. The molecule has 2 atom stereocenters. The Morgan fingerprint density at radius 1 is 1.25 bits per heavy atom. The molecular formula is C11H13N. The van der Waals surface area contributed by atoms with Crippen LogP contribution in [0.15, 0.2) is 18.3 Å². The van der Waals surface area contributed by atoms with Crippen LogP contribution in [0.1, 0.15) is 41.5 Å². The highest BCUT2D eigenvalue weighted by Gasteiger charge is 2.30. The van der Waals surface area contributed by atoms with Gasteiger partial charge in [-0.1, -0.05) is 12.2 Å². The van der Waals surface area contributed by atoms with Crippen molar-refractivity contribution in [1.82, 2.24) is 4.98 Å². The van der Waals surface area contributed by atoms with E-state index in [1.54, 1.807) is 11.1 Å². The summed E-state index contributed by atoms with van der Waals surface area (Å²) in [5.74, 6) is 1.44. The van der Waals surface area contributed by atoms with Gasteiger partial charge in [-0.25, -0.2) is 0 Å². The first-order valence-electron chi connectivity index (χ1n) is 4.72. The number of aryl methyl sites for hydroxylation is 1. The van der Waals surface area contributed by atoms with Crippen molar-refractivity contribution in [2.45, 2.75) is 31.6 Å². The lowest BCUT2D eigenvalue weighted by molar-refractivity contribution is 0.555. The molecule has 0 fully saturated rings. The van der Waals surface area contributed by atoms with Crippen LogP contribution in [-0.2, 0) is 0 Å². The van der Waals surface area contributed by atoms with Crippen molar-refractivity contribution in [3.63, 3.8) is 0 Å². The Kier molecular flexibility index (Phi) is 1.11. The normalized spacial score (nSPS) is 30.8. The molecule has 0 radical (unpaired) electrons. The molecule has 3 aliphatic rings. The van der Waals surface area contributed by atoms with E-state index < -0.39 is 0 Å². The molecule has 1 heterocycles. The van der Waals surface area contributed by atoms with Gasteiger partial charge < -0.3 is 4.98 Å². The minimum absolute atomic E-state index is 0.718. The average molecular weight is 159 g/mol. The van der Waals surface area contributed by atoms with Crippen LogP contribution in [-0.4, -0.2) is 4.98 Å². The topological polar surface area (TPSA) is 15.8 Å². The summed E-state index contributed by atoms with van der Waals surface area (Å²) in [5.41, 5.74) is 4.53. The molecule has 12 heavy (non-hydrogen) atoms. The van der Waals surface area contributed by atoms with Gasteiger partial charge in [0.25, 0.3) is 0 Å². The van der Waals surface area contributed by atoms with E-state index in [9.17, 15) is 0 Å². The third kappa shape index (κ3) is 0.644. The van der Waals surface area contributed by atoms with E-state index >= 15 is 0 Å². The molecule has 2 bridgehead atoms. The maximum absolute atomic E-state index is 3.34. The highest BCUT2D eigenvalue weighted by atomic mass is 14.7. The maximum Gasteiger partial charge on any atom is 0.0157 e. The van der Waals surface area contributed by atoms with Gasteiger partial charge in [0.2, 0.25) is 0 Å². The molecule has 62 valence electrons. The third-order valence-electron chi connectivity index (χ3n) is 3.29.